The van der Waals surface area contributed by atoms with Crippen LogP contribution in [0.5, 0.6) is 0 Å². The Balaban J connectivity index is 1.95. The van der Waals surface area contributed by atoms with E-state index in [1.165, 1.54) is 43.0 Å². The highest BCUT2D eigenvalue weighted by molar-refractivity contribution is 8.00. The average molecular weight is 408 g/mol. The Hall–Kier alpha value is -2.32. The van der Waals surface area contributed by atoms with Gasteiger partial charge in [-0.15, -0.1) is 11.8 Å². The summed E-state index contributed by atoms with van der Waals surface area (Å²) >= 11 is 1.36. The minimum atomic E-state index is -3.38. The van der Waals surface area contributed by atoms with Crippen LogP contribution in [0.1, 0.15) is 24.2 Å². The van der Waals surface area contributed by atoms with E-state index in [0.717, 1.165) is 11.2 Å². The van der Waals surface area contributed by atoms with Gasteiger partial charge in [0.05, 0.1) is 6.26 Å². The molecule has 27 heavy (non-hydrogen) atoms. The Morgan fingerprint density at radius 2 is 1.59 bits per heavy atom. The first-order valence-electron chi connectivity index (χ1n) is 8.20. The highest BCUT2D eigenvalue weighted by atomic mass is 32.2. The fourth-order valence-corrected chi connectivity index (χ4v) is 3.66. The van der Waals surface area contributed by atoms with Gasteiger partial charge in [0.2, 0.25) is 15.8 Å². The SMILES string of the molecule is C[C@H](Sc1ccccc1)C(=O)O[C@H](C)C(=O)c1ccc(NS(C)(=O)=O)cc1. The van der Waals surface area contributed by atoms with Crippen LogP contribution in [0.25, 0.3) is 0 Å². The van der Waals surface area contributed by atoms with E-state index in [1.54, 1.807) is 6.92 Å². The van der Waals surface area contributed by atoms with Crippen LogP contribution in [0.4, 0.5) is 5.69 Å². The van der Waals surface area contributed by atoms with Crippen molar-refractivity contribution in [2.45, 2.75) is 30.1 Å². The van der Waals surface area contributed by atoms with Gasteiger partial charge < -0.3 is 4.74 Å². The van der Waals surface area contributed by atoms with Gasteiger partial charge in [-0.2, -0.15) is 0 Å². The number of anilines is 1. The summed E-state index contributed by atoms with van der Waals surface area (Å²) in [5.74, 6) is -0.828. The summed E-state index contributed by atoms with van der Waals surface area (Å²) in [4.78, 5) is 25.6. The third kappa shape index (κ3) is 6.73. The van der Waals surface area contributed by atoms with Crippen LogP contribution in [0.15, 0.2) is 59.5 Å². The molecule has 0 radical (unpaired) electrons. The average Bonchev–Trinajstić information content (AvgIpc) is 2.61. The molecule has 0 amide bonds. The van der Waals surface area contributed by atoms with Crippen molar-refractivity contribution in [1.29, 1.82) is 0 Å². The largest absolute Gasteiger partial charge is 0.453 e. The van der Waals surface area contributed by atoms with Gasteiger partial charge in [0.25, 0.3) is 0 Å². The molecule has 8 heteroatoms. The van der Waals surface area contributed by atoms with Crippen LogP contribution >= 0.6 is 11.8 Å². The molecular weight excluding hydrogens is 386 g/mol. The van der Waals surface area contributed by atoms with E-state index in [4.69, 9.17) is 4.74 Å². The molecule has 0 heterocycles. The standard InChI is InChI=1S/C19H21NO5S2/c1-13(25-19(22)14(2)26-17-7-5-4-6-8-17)18(21)15-9-11-16(12-10-15)20-27(3,23)24/h4-14,20H,1-3H3/t13-,14+/m1/s1. The smallest absolute Gasteiger partial charge is 0.319 e. The number of Topliss-reactive ketones (excluding diaryl/α,β-unsaturated/α-hetero) is 1. The Morgan fingerprint density at radius 3 is 2.15 bits per heavy atom. The second-order valence-corrected chi connectivity index (χ2v) is 9.13. The number of hydrogen-bond donors (Lipinski definition) is 1. The number of esters is 1. The molecule has 0 aliphatic heterocycles. The molecule has 2 atom stereocenters. The predicted octanol–water partition coefficient (Wildman–Crippen LogP) is 3.35. The minimum absolute atomic E-state index is 0.331. The van der Waals surface area contributed by atoms with E-state index < -0.39 is 27.3 Å². The fraction of sp³-hybridized carbons (Fsp3) is 0.263. The molecule has 0 unspecified atom stereocenters. The topological polar surface area (TPSA) is 89.5 Å². The molecule has 2 aromatic carbocycles. The van der Waals surface area contributed by atoms with Gasteiger partial charge in [-0.25, -0.2) is 8.42 Å². The second-order valence-electron chi connectivity index (χ2n) is 5.97. The number of carbonyl (C=O) groups is 2. The summed E-state index contributed by atoms with van der Waals surface area (Å²) in [6.07, 6.45) is 0.104. The van der Waals surface area contributed by atoms with Crippen LogP contribution in [-0.2, 0) is 19.6 Å². The Morgan fingerprint density at radius 1 is 1.00 bits per heavy atom. The van der Waals surface area contributed by atoms with Gasteiger partial charge in [-0.05, 0) is 50.2 Å². The molecule has 1 N–H and O–H groups in total. The molecule has 144 valence electrons. The molecule has 0 aliphatic carbocycles. The van der Waals surface area contributed by atoms with Crippen molar-refractivity contribution in [3.05, 3.63) is 60.2 Å². The van der Waals surface area contributed by atoms with Crippen molar-refractivity contribution in [3.63, 3.8) is 0 Å². The Kier molecular flexibility index (Phi) is 7.04. The van der Waals surface area contributed by atoms with Crippen molar-refractivity contribution in [3.8, 4) is 0 Å². The van der Waals surface area contributed by atoms with E-state index in [2.05, 4.69) is 4.72 Å². The van der Waals surface area contributed by atoms with Crippen molar-refractivity contribution in [2.24, 2.45) is 0 Å². The normalized spacial score (nSPS) is 13.4. The molecule has 2 rings (SSSR count). The summed E-state index contributed by atoms with van der Waals surface area (Å²) in [6.45, 7) is 3.24. The van der Waals surface area contributed by atoms with Gasteiger partial charge >= 0.3 is 5.97 Å². The third-order valence-electron chi connectivity index (χ3n) is 3.52. The zero-order chi connectivity index (χ0) is 20.0. The number of benzene rings is 2. The summed E-state index contributed by atoms with van der Waals surface area (Å²) < 4.78 is 30.0. The van der Waals surface area contributed by atoms with Gasteiger partial charge in [0.15, 0.2) is 6.10 Å². The Bertz CT molecular complexity index is 895. The van der Waals surface area contributed by atoms with Gasteiger partial charge in [-0.3, -0.25) is 14.3 Å². The molecule has 6 nitrogen and oxygen atoms in total. The summed E-state index contributed by atoms with van der Waals surface area (Å²) in [6, 6.07) is 15.4. The molecule has 0 aromatic heterocycles. The number of hydrogen-bond acceptors (Lipinski definition) is 6. The van der Waals surface area contributed by atoms with Crippen molar-refractivity contribution < 1.29 is 22.7 Å². The van der Waals surface area contributed by atoms with E-state index in [0.29, 0.717) is 11.3 Å². The molecule has 0 spiro atoms. The first-order chi connectivity index (χ1) is 12.7. The molecule has 0 fully saturated rings. The lowest BCUT2D eigenvalue weighted by atomic mass is 10.1. The first kappa shape index (κ1) is 21.0. The van der Waals surface area contributed by atoms with Crippen LogP contribution in [0.3, 0.4) is 0 Å². The fourth-order valence-electron chi connectivity index (χ4n) is 2.23. The van der Waals surface area contributed by atoms with Gasteiger partial charge in [-0.1, -0.05) is 18.2 Å². The Labute approximate surface area is 163 Å². The molecular formula is C19H21NO5S2. The number of ether oxygens (including phenoxy) is 1. The first-order valence-corrected chi connectivity index (χ1v) is 11.0. The monoisotopic (exact) mass is 407 g/mol. The number of ketones is 1. The number of nitrogens with one attached hydrogen (secondary N) is 1. The highest BCUT2D eigenvalue weighted by Crippen LogP contribution is 2.24. The lowest BCUT2D eigenvalue weighted by Crippen LogP contribution is -2.28. The lowest BCUT2D eigenvalue weighted by molar-refractivity contribution is -0.145. The van der Waals surface area contributed by atoms with Gasteiger partial charge in [0.1, 0.15) is 5.25 Å². The molecule has 0 saturated heterocycles. The number of sulfonamides is 1. The number of carbonyl (C=O) groups excluding carboxylic acids is 2. The second kappa shape index (κ2) is 9.05. The zero-order valence-electron chi connectivity index (χ0n) is 15.2. The maximum atomic E-state index is 12.4. The van der Waals surface area contributed by atoms with Crippen molar-refractivity contribution in [1.82, 2.24) is 0 Å². The molecule has 0 bridgehead atoms. The highest BCUT2D eigenvalue weighted by Gasteiger charge is 2.23. The maximum absolute atomic E-state index is 12.4. The van der Waals surface area contributed by atoms with E-state index in [1.807, 2.05) is 30.3 Å². The summed E-state index contributed by atoms with van der Waals surface area (Å²) in [7, 11) is -3.38. The van der Waals surface area contributed by atoms with Crippen molar-refractivity contribution >= 4 is 39.2 Å². The molecule has 2 aromatic rings. The van der Waals surface area contributed by atoms with Crippen LogP contribution in [0, 0.1) is 0 Å². The zero-order valence-corrected chi connectivity index (χ0v) is 16.8. The molecule has 0 aliphatic rings. The minimum Gasteiger partial charge on any atom is -0.453 e. The van der Waals surface area contributed by atoms with Crippen LogP contribution in [0.2, 0.25) is 0 Å². The summed E-state index contributed by atoms with van der Waals surface area (Å²) in [5.41, 5.74) is 0.685. The maximum Gasteiger partial charge on any atom is 0.319 e. The summed E-state index contributed by atoms with van der Waals surface area (Å²) in [5, 5.41) is -0.455. The third-order valence-corrected chi connectivity index (χ3v) is 5.22. The quantitative estimate of drug-likeness (QED) is 0.410. The predicted molar refractivity (Wildman–Crippen MR) is 107 cm³/mol. The lowest BCUT2D eigenvalue weighted by Gasteiger charge is -2.16. The van der Waals surface area contributed by atoms with E-state index >= 15 is 0 Å². The van der Waals surface area contributed by atoms with Crippen molar-refractivity contribution in [2.75, 3.05) is 11.0 Å². The van der Waals surface area contributed by atoms with Crippen LogP contribution in [-0.4, -0.2) is 37.8 Å². The number of thioether (sulfide) groups is 1. The van der Waals surface area contributed by atoms with Gasteiger partial charge in [0, 0.05) is 16.1 Å². The van der Waals surface area contributed by atoms with E-state index in [9.17, 15) is 18.0 Å². The number of rotatable bonds is 8. The molecule has 0 saturated carbocycles. The van der Waals surface area contributed by atoms with E-state index in [-0.39, 0.29) is 5.78 Å². The van der Waals surface area contributed by atoms with Crippen LogP contribution < -0.4 is 4.72 Å².